The summed E-state index contributed by atoms with van der Waals surface area (Å²) < 4.78 is 0. The van der Waals surface area contributed by atoms with Crippen molar-refractivity contribution >= 4 is 17.4 Å². The molecule has 4 heteroatoms. The van der Waals surface area contributed by atoms with Crippen molar-refractivity contribution in [1.82, 2.24) is 0 Å². The number of rotatable bonds is 0. The maximum absolute atomic E-state index is 0. The quantitative estimate of drug-likeness (QED) is 0.465. The van der Waals surface area contributed by atoms with Gasteiger partial charge in [-0.15, -0.1) is 0 Å². The van der Waals surface area contributed by atoms with Gasteiger partial charge in [-0.1, -0.05) is 0 Å². The minimum atomic E-state index is 0. The van der Waals surface area contributed by atoms with Gasteiger partial charge in [0.15, 0.2) is 17.4 Å². The topological polar surface area (TPSA) is 0 Å². The summed E-state index contributed by atoms with van der Waals surface area (Å²) >= 11 is 0. The Kier molecular flexibility index (Phi) is 139. The van der Waals surface area contributed by atoms with Crippen LogP contribution in [0.5, 0.6) is 0 Å². The molecule has 0 spiro atoms. The Hall–Kier alpha value is 2.52. The van der Waals surface area contributed by atoms with Crippen LogP contribution in [0.3, 0.4) is 0 Å². The average Bonchev–Trinajstić information content (AvgIpc) is 0. The van der Waals surface area contributed by atoms with Gasteiger partial charge in [0.25, 0.3) is 0 Å². The van der Waals surface area contributed by atoms with Crippen molar-refractivity contribution in [3.05, 3.63) is 0 Å². The van der Waals surface area contributed by atoms with Gasteiger partial charge in [-0.05, 0) is 0 Å². The normalized spacial score (nSPS) is 0. The fourth-order valence-corrected chi connectivity index (χ4v) is 0. The molecule has 0 amide bonds. The smallest absolute Gasteiger partial charge is 0 e. The summed E-state index contributed by atoms with van der Waals surface area (Å²) in [6, 6.07) is 0. The van der Waals surface area contributed by atoms with Crippen molar-refractivity contribution in [2.24, 2.45) is 0 Å². The molecule has 0 aromatic heterocycles. The third kappa shape index (κ3) is 8.82. The number of hydrogen-bond donors (Lipinski definition) is 0. The second-order valence-electron chi connectivity index (χ2n) is 0. The largest absolute Gasteiger partial charge is 0.187 e. The Labute approximate surface area is 77.8 Å². The second kappa shape index (κ2) is 17.8. The summed E-state index contributed by atoms with van der Waals surface area (Å²) in [7, 11) is 0. The van der Waals surface area contributed by atoms with Crippen molar-refractivity contribution in [2.45, 2.75) is 0 Å². The molecule has 0 rings (SSSR count). The van der Waals surface area contributed by atoms with Crippen LogP contribution in [0, 0.1) is 0 Å². The molecule has 4 heavy (non-hydrogen) atoms. The standard InChI is InChI=1S/Ag.Al.Cr.Ti.3H. The third-order valence-corrected chi connectivity index (χ3v) is 0. The van der Waals surface area contributed by atoms with Crippen LogP contribution in [0.2, 0.25) is 0 Å². The van der Waals surface area contributed by atoms with E-state index in [4.69, 9.17) is 0 Å². The van der Waals surface area contributed by atoms with Gasteiger partial charge in [-0.25, -0.2) is 0 Å². The Morgan fingerprint density at radius 2 is 1.00 bits per heavy atom. The van der Waals surface area contributed by atoms with Gasteiger partial charge in [0, 0.05) is 61.5 Å². The monoisotopic (exact) mass is 237 g/mol. The van der Waals surface area contributed by atoms with E-state index in [0.29, 0.717) is 0 Å². The average molecular weight is 238 g/mol. The fraction of sp³-hybridized carbons (Fsp3) is 0. The van der Waals surface area contributed by atoms with Crippen molar-refractivity contribution in [2.75, 3.05) is 0 Å². The molecule has 0 heterocycles. The van der Waals surface area contributed by atoms with E-state index in [2.05, 4.69) is 0 Å². The molecule has 0 bridgehead atoms. The van der Waals surface area contributed by atoms with Gasteiger partial charge in [-0.3, -0.25) is 0 Å². The molecule has 0 unspecified atom stereocenters. The van der Waals surface area contributed by atoms with Crippen molar-refractivity contribution < 1.29 is 61.5 Å². The molecule has 0 N–H and O–H groups in total. The van der Waals surface area contributed by atoms with Gasteiger partial charge >= 0.3 is 0 Å². The van der Waals surface area contributed by atoms with Crippen molar-refractivity contribution in [1.29, 1.82) is 0 Å². The van der Waals surface area contributed by atoms with Crippen LogP contribution >= 0.6 is 0 Å². The van der Waals surface area contributed by atoms with Crippen LogP contribution in [0.4, 0.5) is 0 Å². The summed E-state index contributed by atoms with van der Waals surface area (Å²) in [6.45, 7) is 0. The first kappa shape index (κ1) is 31.3. The van der Waals surface area contributed by atoms with E-state index in [1.807, 2.05) is 0 Å². The molecular formula is H3AgAlCrTi. The predicted molar refractivity (Wildman–Crippen MR) is 9.94 cm³/mol. The molecule has 0 nitrogen and oxygen atoms in total. The summed E-state index contributed by atoms with van der Waals surface area (Å²) in [4.78, 5) is 0. The van der Waals surface area contributed by atoms with E-state index in [-0.39, 0.29) is 78.8 Å². The molecule has 0 saturated heterocycles. The summed E-state index contributed by atoms with van der Waals surface area (Å²) in [5.74, 6) is 0. The summed E-state index contributed by atoms with van der Waals surface area (Å²) in [5, 5.41) is 0. The summed E-state index contributed by atoms with van der Waals surface area (Å²) in [5.41, 5.74) is 0. The Morgan fingerprint density at radius 1 is 1.00 bits per heavy atom. The molecule has 0 aliphatic carbocycles. The molecule has 0 atom stereocenters. The maximum atomic E-state index is 0. The van der Waals surface area contributed by atoms with E-state index in [9.17, 15) is 0 Å². The fourth-order valence-electron chi connectivity index (χ4n) is 0. The van der Waals surface area contributed by atoms with Gasteiger partial charge in [0.05, 0.1) is 0 Å². The Bertz CT molecular complexity index is 8.00. The zero-order valence-corrected chi connectivity index (χ0v) is 5.53. The molecule has 0 aromatic rings. The molecule has 0 aromatic carbocycles. The van der Waals surface area contributed by atoms with E-state index in [1.54, 1.807) is 0 Å². The Morgan fingerprint density at radius 3 is 1.00 bits per heavy atom. The first-order valence-corrected chi connectivity index (χ1v) is 0. The van der Waals surface area contributed by atoms with Gasteiger partial charge < -0.3 is 0 Å². The number of hydrogen-bond acceptors (Lipinski definition) is 0. The van der Waals surface area contributed by atoms with Crippen molar-refractivity contribution in [3.8, 4) is 0 Å². The van der Waals surface area contributed by atoms with Crippen molar-refractivity contribution in [3.63, 3.8) is 0 Å². The van der Waals surface area contributed by atoms with Gasteiger partial charge in [-0.2, -0.15) is 0 Å². The van der Waals surface area contributed by atoms with Crippen LogP contribution in [0.15, 0.2) is 0 Å². The van der Waals surface area contributed by atoms with Crippen LogP contribution in [-0.4, -0.2) is 17.4 Å². The SMILES string of the molecule is [Ag].[AlH3].[Cr].[Ti]. The first-order valence-electron chi connectivity index (χ1n) is 0. The van der Waals surface area contributed by atoms with Crippen LogP contribution < -0.4 is 0 Å². The van der Waals surface area contributed by atoms with Crippen LogP contribution in [-0.2, 0) is 61.5 Å². The predicted octanol–water partition coefficient (Wildman–Crippen LogP) is -1.19. The minimum absolute atomic E-state index is 0. The maximum Gasteiger partial charge on any atom is 0.187 e. The molecule has 0 fully saturated rings. The molecule has 1 radical (unpaired) electrons. The molecular weight excluding hydrogens is 235 g/mol. The molecule has 0 saturated carbocycles. The van der Waals surface area contributed by atoms with E-state index < -0.39 is 0 Å². The zero-order chi connectivity index (χ0) is 0. The second-order valence-corrected chi connectivity index (χ2v) is 0. The molecule has 0 aliphatic heterocycles. The molecule has 27 valence electrons. The van der Waals surface area contributed by atoms with Crippen LogP contribution in [0.25, 0.3) is 0 Å². The van der Waals surface area contributed by atoms with E-state index in [0.717, 1.165) is 0 Å². The zero-order valence-electron chi connectivity index (χ0n) is 1.21. The summed E-state index contributed by atoms with van der Waals surface area (Å²) in [6.07, 6.45) is 0. The minimum Gasteiger partial charge on any atom is 0 e. The van der Waals surface area contributed by atoms with E-state index >= 15 is 0 Å². The first-order chi connectivity index (χ1) is 0. The van der Waals surface area contributed by atoms with Gasteiger partial charge in [0.1, 0.15) is 0 Å². The Balaban J connectivity index is 0. The van der Waals surface area contributed by atoms with Gasteiger partial charge in [0.2, 0.25) is 0 Å². The van der Waals surface area contributed by atoms with Crippen LogP contribution in [0.1, 0.15) is 0 Å². The molecule has 0 aliphatic rings. The third-order valence-electron chi connectivity index (χ3n) is 0. The van der Waals surface area contributed by atoms with E-state index in [1.165, 1.54) is 0 Å².